The maximum absolute atomic E-state index is 12.9. The van der Waals surface area contributed by atoms with Gasteiger partial charge < -0.3 is 15.2 Å². The molecule has 1 aromatic rings. The number of hydrogen-bond donors (Lipinski definition) is 2. The number of hydrogen-bond acceptors (Lipinski definition) is 4. The third kappa shape index (κ3) is 5.81. The molecule has 0 aliphatic carbocycles. The highest BCUT2D eigenvalue weighted by molar-refractivity contribution is 5.86. The van der Waals surface area contributed by atoms with Crippen molar-refractivity contribution in [3.63, 3.8) is 0 Å². The van der Waals surface area contributed by atoms with E-state index in [4.69, 9.17) is 0 Å². The monoisotopic (exact) mass is 311 g/mol. The maximum atomic E-state index is 12.9. The molecule has 0 aromatic heterocycles. The lowest BCUT2D eigenvalue weighted by Crippen LogP contribution is -2.47. The van der Waals surface area contributed by atoms with Gasteiger partial charge in [-0.05, 0) is 30.0 Å². The first-order valence-corrected chi connectivity index (χ1v) is 7.14. The van der Waals surface area contributed by atoms with Crippen molar-refractivity contribution in [2.24, 2.45) is 5.92 Å². The summed E-state index contributed by atoms with van der Waals surface area (Å²) in [7, 11) is 1.22. The number of aliphatic hydroxyl groups excluding tert-OH is 1. The fourth-order valence-electron chi connectivity index (χ4n) is 2.01. The van der Waals surface area contributed by atoms with Crippen molar-refractivity contribution in [2.45, 2.75) is 38.8 Å². The number of benzene rings is 1. The van der Waals surface area contributed by atoms with Crippen LogP contribution in [0.5, 0.6) is 0 Å². The standard InChI is InChI=1S/C16H22FNO4/c1-10(2)8-14(19)15(20)18-13(16(21)22-3)9-11-4-6-12(17)7-5-11/h4-7,10,13-14,19H,8-9H2,1-3H3,(H,18,20)/t13-,14-/m1/s1. The summed E-state index contributed by atoms with van der Waals surface area (Å²) in [6, 6.07) is 4.69. The smallest absolute Gasteiger partial charge is 0.328 e. The molecule has 0 spiro atoms. The van der Waals surface area contributed by atoms with Crippen molar-refractivity contribution in [3.05, 3.63) is 35.6 Å². The maximum Gasteiger partial charge on any atom is 0.328 e. The first kappa shape index (κ1) is 18.1. The number of methoxy groups -OCH3 is 1. The molecule has 122 valence electrons. The van der Waals surface area contributed by atoms with Crippen LogP contribution in [-0.4, -0.2) is 36.2 Å². The Kier molecular flexibility index (Phi) is 6.98. The van der Waals surface area contributed by atoms with E-state index in [2.05, 4.69) is 10.1 Å². The van der Waals surface area contributed by atoms with Crippen LogP contribution < -0.4 is 5.32 Å². The average molecular weight is 311 g/mol. The molecule has 0 saturated carbocycles. The van der Waals surface area contributed by atoms with E-state index in [-0.39, 0.29) is 18.2 Å². The van der Waals surface area contributed by atoms with E-state index in [9.17, 15) is 19.1 Å². The second-order valence-electron chi connectivity index (χ2n) is 5.56. The molecule has 0 fully saturated rings. The van der Waals surface area contributed by atoms with Crippen LogP contribution in [0.2, 0.25) is 0 Å². The zero-order chi connectivity index (χ0) is 16.7. The minimum absolute atomic E-state index is 0.148. The third-order valence-corrected chi connectivity index (χ3v) is 3.15. The Morgan fingerprint density at radius 3 is 2.36 bits per heavy atom. The summed E-state index contributed by atoms with van der Waals surface area (Å²) in [6.45, 7) is 3.76. The van der Waals surface area contributed by atoms with Crippen LogP contribution in [0.4, 0.5) is 4.39 Å². The molecule has 6 heteroatoms. The van der Waals surface area contributed by atoms with Crippen LogP contribution in [-0.2, 0) is 20.7 Å². The number of carbonyl (C=O) groups is 2. The molecule has 5 nitrogen and oxygen atoms in total. The first-order valence-electron chi connectivity index (χ1n) is 7.14. The van der Waals surface area contributed by atoms with E-state index in [1.165, 1.54) is 31.4 Å². The predicted octanol–water partition coefficient (Wildman–Crippen LogP) is 1.43. The Morgan fingerprint density at radius 1 is 1.27 bits per heavy atom. The van der Waals surface area contributed by atoms with Crippen LogP contribution in [0, 0.1) is 11.7 Å². The van der Waals surface area contributed by atoms with Crippen molar-refractivity contribution in [2.75, 3.05) is 7.11 Å². The molecule has 0 saturated heterocycles. The van der Waals surface area contributed by atoms with Gasteiger partial charge in [-0.1, -0.05) is 26.0 Å². The molecular weight excluding hydrogens is 289 g/mol. The number of carbonyl (C=O) groups excluding carboxylic acids is 2. The van der Waals surface area contributed by atoms with Crippen molar-refractivity contribution >= 4 is 11.9 Å². The molecule has 1 aromatic carbocycles. The van der Waals surface area contributed by atoms with Gasteiger partial charge in [0.15, 0.2) is 0 Å². The minimum Gasteiger partial charge on any atom is -0.467 e. The Morgan fingerprint density at radius 2 is 1.86 bits per heavy atom. The fraction of sp³-hybridized carbons (Fsp3) is 0.500. The van der Waals surface area contributed by atoms with Gasteiger partial charge in [-0.15, -0.1) is 0 Å². The summed E-state index contributed by atoms with van der Waals surface area (Å²) in [4.78, 5) is 23.7. The molecule has 2 atom stereocenters. The molecule has 22 heavy (non-hydrogen) atoms. The fourth-order valence-corrected chi connectivity index (χ4v) is 2.01. The van der Waals surface area contributed by atoms with Crippen LogP contribution in [0.15, 0.2) is 24.3 Å². The normalized spacial score (nSPS) is 13.5. The Bertz CT molecular complexity index is 501. The zero-order valence-corrected chi connectivity index (χ0v) is 13.0. The molecule has 0 unspecified atom stereocenters. The van der Waals surface area contributed by atoms with Gasteiger partial charge in [-0.3, -0.25) is 4.79 Å². The molecule has 1 rings (SSSR count). The second kappa shape index (κ2) is 8.48. The van der Waals surface area contributed by atoms with E-state index in [0.29, 0.717) is 12.0 Å². The lowest BCUT2D eigenvalue weighted by atomic mass is 10.0. The van der Waals surface area contributed by atoms with Crippen LogP contribution in [0.1, 0.15) is 25.8 Å². The molecule has 0 heterocycles. The van der Waals surface area contributed by atoms with E-state index in [1.807, 2.05) is 13.8 Å². The van der Waals surface area contributed by atoms with E-state index >= 15 is 0 Å². The number of nitrogens with one attached hydrogen (secondary N) is 1. The number of halogens is 1. The lowest BCUT2D eigenvalue weighted by Gasteiger charge is -2.19. The topological polar surface area (TPSA) is 75.6 Å². The molecule has 1 amide bonds. The minimum atomic E-state index is -1.18. The van der Waals surface area contributed by atoms with E-state index in [0.717, 1.165) is 0 Å². The summed E-state index contributed by atoms with van der Waals surface area (Å²) in [5, 5.41) is 12.3. The molecule has 2 N–H and O–H groups in total. The summed E-state index contributed by atoms with van der Waals surface area (Å²) < 4.78 is 17.6. The predicted molar refractivity (Wildman–Crippen MR) is 79.5 cm³/mol. The summed E-state index contributed by atoms with van der Waals surface area (Å²) in [5.41, 5.74) is 0.676. The Balaban J connectivity index is 2.74. The molecule has 0 aliphatic rings. The highest BCUT2D eigenvalue weighted by atomic mass is 19.1. The molecule has 0 bridgehead atoms. The van der Waals surface area contributed by atoms with Gasteiger partial charge in [0.2, 0.25) is 5.91 Å². The van der Waals surface area contributed by atoms with Gasteiger partial charge in [0.05, 0.1) is 7.11 Å². The van der Waals surface area contributed by atoms with E-state index in [1.54, 1.807) is 0 Å². The Labute approximate surface area is 129 Å². The summed E-state index contributed by atoms with van der Waals surface area (Å²) in [5.74, 6) is -1.47. The van der Waals surface area contributed by atoms with Gasteiger partial charge in [0.25, 0.3) is 0 Å². The third-order valence-electron chi connectivity index (χ3n) is 3.15. The van der Waals surface area contributed by atoms with Gasteiger partial charge in [0, 0.05) is 6.42 Å². The first-order chi connectivity index (χ1) is 10.3. The zero-order valence-electron chi connectivity index (χ0n) is 13.0. The van der Waals surface area contributed by atoms with Crippen molar-refractivity contribution in [3.8, 4) is 0 Å². The number of aliphatic hydroxyl groups is 1. The largest absolute Gasteiger partial charge is 0.467 e. The van der Waals surface area contributed by atoms with Gasteiger partial charge in [0.1, 0.15) is 18.0 Å². The van der Waals surface area contributed by atoms with Gasteiger partial charge in [-0.2, -0.15) is 0 Å². The molecule has 0 aliphatic heterocycles. The van der Waals surface area contributed by atoms with Gasteiger partial charge >= 0.3 is 5.97 Å². The van der Waals surface area contributed by atoms with Gasteiger partial charge in [-0.25, -0.2) is 9.18 Å². The van der Waals surface area contributed by atoms with Crippen LogP contribution >= 0.6 is 0 Å². The lowest BCUT2D eigenvalue weighted by molar-refractivity contribution is -0.146. The van der Waals surface area contributed by atoms with Crippen LogP contribution in [0.3, 0.4) is 0 Å². The van der Waals surface area contributed by atoms with Crippen molar-refractivity contribution < 1.29 is 23.8 Å². The second-order valence-corrected chi connectivity index (χ2v) is 5.56. The number of rotatable bonds is 7. The Hall–Kier alpha value is -1.95. The van der Waals surface area contributed by atoms with E-state index < -0.39 is 24.0 Å². The van der Waals surface area contributed by atoms with Crippen molar-refractivity contribution in [1.82, 2.24) is 5.32 Å². The number of amides is 1. The average Bonchev–Trinajstić information content (AvgIpc) is 2.47. The van der Waals surface area contributed by atoms with Crippen LogP contribution in [0.25, 0.3) is 0 Å². The number of esters is 1. The summed E-state index contributed by atoms with van der Waals surface area (Å²) in [6.07, 6.45) is -0.719. The highest BCUT2D eigenvalue weighted by Crippen LogP contribution is 2.09. The number of ether oxygens (including phenoxy) is 1. The summed E-state index contributed by atoms with van der Waals surface area (Å²) >= 11 is 0. The quantitative estimate of drug-likeness (QED) is 0.747. The highest BCUT2D eigenvalue weighted by Gasteiger charge is 2.25. The molecule has 0 radical (unpaired) electrons. The SMILES string of the molecule is COC(=O)[C@@H](Cc1ccc(F)cc1)NC(=O)[C@H](O)CC(C)C. The van der Waals surface area contributed by atoms with Crippen molar-refractivity contribution in [1.29, 1.82) is 0 Å². The molecular formula is C16H22FNO4.